The topological polar surface area (TPSA) is 89.0 Å². The van der Waals surface area contributed by atoms with Crippen molar-refractivity contribution in [3.05, 3.63) is 39.9 Å². The van der Waals surface area contributed by atoms with Gasteiger partial charge in [-0.3, -0.25) is 10.1 Å². The first-order valence-corrected chi connectivity index (χ1v) is 9.54. The van der Waals surface area contributed by atoms with E-state index in [4.69, 9.17) is 23.2 Å². The number of nitrogens with zero attached hydrogens (tertiary/aromatic N) is 2. The normalized spacial score (nSPS) is 11.8. The Morgan fingerprint density at radius 2 is 2.09 bits per heavy atom. The standard InChI is InChI=1S/C13H11Cl2N3O3S2/c1-2-23(20,21)13-18-17-12(22-13)16-11(19)6-4-8-3-5-9(14)7-10(8)15/h3-7H,2H2,1H3,(H,16,17,19). The van der Waals surface area contributed by atoms with E-state index in [2.05, 4.69) is 15.5 Å². The van der Waals surface area contributed by atoms with Crippen LogP contribution in [-0.2, 0) is 14.6 Å². The number of carbonyl (C=O) groups excluding carboxylic acids is 1. The molecule has 23 heavy (non-hydrogen) atoms. The summed E-state index contributed by atoms with van der Waals surface area (Å²) in [7, 11) is -3.43. The van der Waals surface area contributed by atoms with Gasteiger partial charge in [0.15, 0.2) is 0 Å². The minimum atomic E-state index is -3.43. The van der Waals surface area contributed by atoms with E-state index in [1.807, 2.05) is 0 Å². The van der Waals surface area contributed by atoms with Gasteiger partial charge in [-0.25, -0.2) is 8.42 Å². The van der Waals surface area contributed by atoms with E-state index in [0.29, 0.717) is 15.6 Å². The molecule has 122 valence electrons. The van der Waals surface area contributed by atoms with Gasteiger partial charge in [0.2, 0.25) is 25.2 Å². The Hall–Kier alpha value is -1.48. The number of halogens is 2. The molecule has 0 saturated heterocycles. The number of benzene rings is 1. The van der Waals surface area contributed by atoms with E-state index < -0.39 is 15.7 Å². The van der Waals surface area contributed by atoms with Gasteiger partial charge in [-0.05, 0) is 23.8 Å². The number of amides is 1. The number of rotatable bonds is 5. The molecule has 0 spiro atoms. The van der Waals surface area contributed by atoms with Crippen molar-refractivity contribution in [1.82, 2.24) is 10.2 Å². The largest absolute Gasteiger partial charge is 0.297 e. The van der Waals surface area contributed by atoms with Gasteiger partial charge in [0, 0.05) is 16.1 Å². The van der Waals surface area contributed by atoms with Gasteiger partial charge in [-0.2, -0.15) is 0 Å². The average molecular weight is 392 g/mol. The summed E-state index contributed by atoms with van der Waals surface area (Å²) in [6.45, 7) is 1.51. The molecule has 1 N–H and O–H groups in total. The predicted molar refractivity (Wildman–Crippen MR) is 91.8 cm³/mol. The monoisotopic (exact) mass is 391 g/mol. The molecule has 0 atom stereocenters. The number of carbonyl (C=O) groups is 1. The predicted octanol–water partition coefficient (Wildman–Crippen LogP) is 3.29. The Morgan fingerprint density at radius 3 is 2.74 bits per heavy atom. The van der Waals surface area contributed by atoms with Crippen LogP contribution < -0.4 is 5.32 Å². The van der Waals surface area contributed by atoms with Gasteiger partial charge in [0.05, 0.1) is 5.75 Å². The fourth-order valence-electron chi connectivity index (χ4n) is 1.46. The first-order chi connectivity index (χ1) is 10.8. The first kappa shape index (κ1) is 17.9. The summed E-state index contributed by atoms with van der Waals surface area (Å²) in [5, 5.41) is 10.7. The van der Waals surface area contributed by atoms with Crippen LogP contribution in [0, 0.1) is 0 Å². The minimum absolute atomic E-state index is 0.0788. The third kappa shape index (κ3) is 4.74. The van der Waals surface area contributed by atoms with Crippen LogP contribution in [0.15, 0.2) is 28.6 Å². The van der Waals surface area contributed by atoms with Crippen molar-refractivity contribution in [2.45, 2.75) is 11.3 Å². The van der Waals surface area contributed by atoms with Crippen LogP contribution in [0.1, 0.15) is 12.5 Å². The second-order valence-electron chi connectivity index (χ2n) is 4.26. The summed E-state index contributed by atoms with van der Waals surface area (Å²) < 4.78 is 23.1. The minimum Gasteiger partial charge on any atom is -0.297 e. The Bertz CT molecular complexity index is 863. The van der Waals surface area contributed by atoms with Crippen LogP contribution in [-0.4, -0.2) is 30.3 Å². The number of anilines is 1. The van der Waals surface area contributed by atoms with Crippen molar-refractivity contribution in [3.8, 4) is 0 Å². The summed E-state index contributed by atoms with van der Waals surface area (Å²) in [6.07, 6.45) is 2.77. The molecule has 0 radical (unpaired) electrons. The zero-order chi connectivity index (χ0) is 17.0. The zero-order valence-electron chi connectivity index (χ0n) is 11.8. The van der Waals surface area contributed by atoms with Crippen molar-refractivity contribution >= 4 is 61.5 Å². The lowest BCUT2D eigenvalue weighted by molar-refractivity contribution is -0.111. The van der Waals surface area contributed by atoms with Gasteiger partial charge < -0.3 is 0 Å². The second kappa shape index (κ2) is 7.39. The fourth-order valence-corrected chi connectivity index (χ4v) is 3.92. The number of hydrogen-bond donors (Lipinski definition) is 1. The van der Waals surface area contributed by atoms with E-state index in [0.717, 1.165) is 11.3 Å². The van der Waals surface area contributed by atoms with Gasteiger partial charge in [-0.1, -0.05) is 47.5 Å². The van der Waals surface area contributed by atoms with Crippen molar-refractivity contribution in [1.29, 1.82) is 0 Å². The Balaban J connectivity index is 2.07. The molecule has 0 aliphatic rings. The highest BCUT2D eigenvalue weighted by molar-refractivity contribution is 7.93. The number of aromatic nitrogens is 2. The van der Waals surface area contributed by atoms with Crippen LogP contribution >= 0.6 is 34.5 Å². The summed E-state index contributed by atoms with van der Waals surface area (Å²) in [5.41, 5.74) is 0.623. The van der Waals surface area contributed by atoms with E-state index in [-0.39, 0.29) is 15.2 Å². The molecule has 0 bridgehead atoms. The molecule has 1 amide bonds. The summed E-state index contributed by atoms with van der Waals surface area (Å²) in [4.78, 5) is 11.8. The highest BCUT2D eigenvalue weighted by Crippen LogP contribution is 2.23. The first-order valence-electron chi connectivity index (χ1n) is 6.32. The van der Waals surface area contributed by atoms with Gasteiger partial charge in [0.1, 0.15) is 0 Å². The lowest BCUT2D eigenvalue weighted by Crippen LogP contribution is -2.07. The van der Waals surface area contributed by atoms with Crippen molar-refractivity contribution in [2.75, 3.05) is 11.1 Å². The van der Waals surface area contributed by atoms with Crippen molar-refractivity contribution < 1.29 is 13.2 Å². The quantitative estimate of drug-likeness (QED) is 0.623. The van der Waals surface area contributed by atoms with E-state index >= 15 is 0 Å². The Labute approximate surface area is 147 Å². The molecule has 0 aliphatic carbocycles. The van der Waals surface area contributed by atoms with Crippen LogP contribution in [0.3, 0.4) is 0 Å². The molecular formula is C13H11Cl2N3O3S2. The van der Waals surface area contributed by atoms with Crippen LogP contribution in [0.25, 0.3) is 6.08 Å². The number of hydrogen-bond acceptors (Lipinski definition) is 6. The molecular weight excluding hydrogens is 381 g/mol. The maximum Gasteiger partial charge on any atom is 0.250 e. The van der Waals surface area contributed by atoms with Crippen molar-refractivity contribution in [3.63, 3.8) is 0 Å². The van der Waals surface area contributed by atoms with E-state index in [9.17, 15) is 13.2 Å². The summed E-state index contributed by atoms with van der Waals surface area (Å²) >= 11 is 12.6. The lowest BCUT2D eigenvalue weighted by Gasteiger charge is -1.99. The maximum atomic E-state index is 11.8. The smallest absolute Gasteiger partial charge is 0.250 e. The SMILES string of the molecule is CCS(=O)(=O)c1nnc(NC(=O)C=Cc2ccc(Cl)cc2Cl)s1. The molecule has 0 saturated carbocycles. The Morgan fingerprint density at radius 1 is 1.35 bits per heavy atom. The molecule has 2 rings (SSSR count). The highest BCUT2D eigenvalue weighted by atomic mass is 35.5. The Kier molecular flexibility index (Phi) is 5.74. The molecule has 10 heteroatoms. The molecule has 1 heterocycles. The van der Waals surface area contributed by atoms with Crippen LogP contribution in [0.4, 0.5) is 5.13 Å². The highest BCUT2D eigenvalue weighted by Gasteiger charge is 2.18. The molecule has 1 aromatic carbocycles. The zero-order valence-corrected chi connectivity index (χ0v) is 14.9. The number of sulfone groups is 1. The average Bonchev–Trinajstić information content (AvgIpc) is 2.95. The third-order valence-electron chi connectivity index (χ3n) is 2.66. The van der Waals surface area contributed by atoms with Crippen molar-refractivity contribution in [2.24, 2.45) is 0 Å². The lowest BCUT2D eigenvalue weighted by atomic mass is 10.2. The maximum absolute atomic E-state index is 11.8. The van der Waals surface area contributed by atoms with Crippen LogP contribution in [0.5, 0.6) is 0 Å². The fraction of sp³-hybridized carbons (Fsp3) is 0.154. The van der Waals surface area contributed by atoms with E-state index in [1.54, 1.807) is 18.2 Å². The molecule has 6 nitrogen and oxygen atoms in total. The third-order valence-corrected chi connectivity index (χ3v) is 6.24. The van der Waals surface area contributed by atoms with Gasteiger partial charge >= 0.3 is 0 Å². The van der Waals surface area contributed by atoms with Gasteiger partial charge in [-0.15, -0.1) is 10.2 Å². The van der Waals surface area contributed by atoms with Crippen LogP contribution in [0.2, 0.25) is 10.0 Å². The molecule has 0 fully saturated rings. The molecule has 0 unspecified atom stereocenters. The molecule has 1 aromatic heterocycles. The molecule has 0 aliphatic heterocycles. The second-order valence-corrected chi connectivity index (χ2v) is 8.54. The molecule has 2 aromatic rings. The summed E-state index contributed by atoms with van der Waals surface area (Å²) in [6, 6.07) is 4.89. The van der Waals surface area contributed by atoms with Gasteiger partial charge in [0.25, 0.3) is 0 Å². The summed E-state index contributed by atoms with van der Waals surface area (Å²) in [5.74, 6) is -0.558. The number of nitrogens with one attached hydrogen (secondary N) is 1. The van der Waals surface area contributed by atoms with E-state index in [1.165, 1.54) is 19.1 Å².